The van der Waals surface area contributed by atoms with Crippen LogP contribution in [0.4, 0.5) is 0 Å². The molecule has 0 aromatic heterocycles. The first-order valence-corrected chi connectivity index (χ1v) is 11.6. The van der Waals surface area contributed by atoms with Crippen molar-refractivity contribution in [2.75, 3.05) is 52.5 Å². The Morgan fingerprint density at radius 3 is 2.48 bits per heavy atom. The largest absolute Gasteiger partial charge is 0.466 e. The molecule has 1 aliphatic heterocycles. The van der Waals surface area contributed by atoms with Crippen molar-refractivity contribution < 1.29 is 14.3 Å². The third-order valence-electron chi connectivity index (χ3n) is 3.85. The third kappa shape index (κ3) is 7.95. The molecular weight excluding hydrogens is 284 g/mol. The number of hydrogen-bond acceptors (Lipinski definition) is 5. The van der Waals surface area contributed by atoms with Crippen LogP contribution in [0.15, 0.2) is 0 Å². The monoisotopic (exact) mass is 316 g/mol. The summed E-state index contributed by atoms with van der Waals surface area (Å²) in [6.45, 7) is 16.2. The highest BCUT2D eigenvalue weighted by Crippen LogP contribution is 2.11. The van der Waals surface area contributed by atoms with E-state index in [0.717, 1.165) is 52.4 Å². The van der Waals surface area contributed by atoms with Crippen LogP contribution in [-0.2, 0) is 14.3 Å². The van der Waals surface area contributed by atoms with Gasteiger partial charge in [-0.3, -0.25) is 9.69 Å². The number of morpholine rings is 1. The van der Waals surface area contributed by atoms with Crippen molar-refractivity contribution in [1.82, 2.24) is 9.47 Å². The number of rotatable bonds is 9. The number of ether oxygens (including phenoxy) is 2. The van der Waals surface area contributed by atoms with E-state index in [1.54, 1.807) is 0 Å². The second kappa shape index (κ2) is 9.56. The van der Waals surface area contributed by atoms with E-state index in [4.69, 9.17) is 9.47 Å². The number of carbonyl (C=O) groups excluding carboxylic acids is 1. The lowest BCUT2D eigenvalue weighted by molar-refractivity contribution is -0.143. The molecule has 1 fully saturated rings. The summed E-state index contributed by atoms with van der Waals surface area (Å²) in [6.07, 6.45) is 1.67. The van der Waals surface area contributed by atoms with E-state index in [9.17, 15) is 4.79 Å². The average molecular weight is 317 g/mol. The lowest BCUT2D eigenvalue weighted by Gasteiger charge is -2.35. The van der Waals surface area contributed by atoms with Crippen LogP contribution in [0.2, 0.25) is 19.6 Å². The molecule has 124 valence electrons. The molecule has 0 amide bonds. The molecule has 0 aromatic carbocycles. The molecule has 1 aliphatic rings. The Labute approximate surface area is 130 Å². The molecule has 1 rings (SSSR count). The standard InChI is InChI=1S/C15H32N2O3Si/c1-5-20-15(18)7-10-17(21(2,3)4)9-6-8-16-11-13-19-14-12-16/h5-14H2,1-4H3. The van der Waals surface area contributed by atoms with Gasteiger partial charge >= 0.3 is 5.97 Å². The number of hydrogen-bond donors (Lipinski definition) is 0. The molecule has 0 aromatic rings. The van der Waals surface area contributed by atoms with Gasteiger partial charge in [-0.2, -0.15) is 0 Å². The maximum Gasteiger partial charge on any atom is 0.307 e. The van der Waals surface area contributed by atoms with Gasteiger partial charge in [0.05, 0.1) is 26.2 Å². The van der Waals surface area contributed by atoms with Crippen molar-refractivity contribution in [3.63, 3.8) is 0 Å². The van der Waals surface area contributed by atoms with Gasteiger partial charge in [0.1, 0.15) is 8.24 Å². The van der Waals surface area contributed by atoms with Gasteiger partial charge in [-0.1, -0.05) is 19.6 Å². The summed E-state index contributed by atoms with van der Waals surface area (Å²) in [5.41, 5.74) is 0. The molecule has 0 radical (unpaired) electrons. The number of nitrogens with zero attached hydrogens (tertiary/aromatic N) is 2. The molecule has 0 aliphatic carbocycles. The predicted octanol–water partition coefficient (Wildman–Crippen LogP) is 1.80. The van der Waals surface area contributed by atoms with Gasteiger partial charge in [0.25, 0.3) is 0 Å². The van der Waals surface area contributed by atoms with Crippen molar-refractivity contribution in [2.45, 2.75) is 39.4 Å². The van der Waals surface area contributed by atoms with Gasteiger partial charge < -0.3 is 14.0 Å². The highest BCUT2D eigenvalue weighted by molar-refractivity contribution is 6.73. The van der Waals surface area contributed by atoms with E-state index < -0.39 is 8.24 Å². The third-order valence-corrected chi connectivity index (χ3v) is 6.19. The van der Waals surface area contributed by atoms with E-state index in [1.165, 1.54) is 0 Å². The van der Waals surface area contributed by atoms with Crippen LogP contribution in [0.5, 0.6) is 0 Å². The van der Waals surface area contributed by atoms with Crippen LogP contribution < -0.4 is 0 Å². The molecule has 6 heteroatoms. The second-order valence-corrected chi connectivity index (χ2v) is 11.5. The minimum atomic E-state index is -1.38. The Hall–Kier alpha value is -0.433. The first kappa shape index (κ1) is 18.6. The maximum absolute atomic E-state index is 11.5. The Bertz CT molecular complexity index is 302. The fourth-order valence-corrected chi connectivity index (χ4v) is 4.16. The molecule has 1 heterocycles. The fourth-order valence-electron chi connectivity index (χ4n) is 2.55. The van der Waals surface area contributed by atoms with Gasteiger partial charge in [-0.15, -0.1) is 0 Å². The van der Waals surface area contributed by atoms with Gasteiger partial charge in [0, 0.05) is 19.6 Å². The van der Waals surface area contributed by atoms with E-state index in [-0.39, 0.29) is 5.97 Å². The zero-order valence-corrected chi connectivity index (χ0v) is 15.2. The first-order chi connectivity index (χ1) is 9.93. The summed E-state index contributed by atoms with van der Waals surface area (Å²) in [4.78, 5) is 14.0. The van der Waals surface area contributed by atoms with E-state index >= 15 is 0 Å². The number of esters is 1. The van der Waals surface area contributed by atoms with Crippen molar-refractivity contribution in [1.29, 1.82) is 0 Å². The van der Waals surface area contributed by atoms with Crippen molar-refractivity contribution in [2.24, 2.45) is 0 Å². The zero-order valence-electron chi connectivity index (χ0n) is 14.2. The Balaban J connectivity index is 2.30. The highest BCUT2D eigenvalue weighted by atomic mass is 28.3. The average Bonchev–Trinajstić information content (AvgIpc) is 2.42. The molecule has 0 N–H and O–H groups in total. The van der Waals surface area contributed by atoms with Gasteiger partial charge in [0.15, 0.2) is 0 Å². The normalized spacial score (nSPS) is 17.2. The smallest absolute Gasteiger partial charge is 0.307 e. The highest BCUT2D eigenvalue weighted by Gasteiger charge is 2.24. The number of carbonyl (C=O) groups is 1. The SMILES string of the molecule is CCOC(=O)CCN(CCCN1CCOCC1)[Si](C)(C)C. The Morgan fingerprint density at radius 1 is 1.24 bits per heavy atom. The fraction of sp³-hybridized carbons (Fsp3) is 0.933. The summed E-state index contributed by atoms with van der Waals surface area (Å²) < 4.78 is 12.9. The van der Waals surface area contributed by atoms with Crippen molar-refractivity contribution in [3.05, 3.63) is 0 Å². The lowest BCUT2D eigenvalue weighted by atomic mass is 10.3. The van der Waals surface area contributed by atoms with Crippen LogP contribution in [0.25, 0.3) is 0 Å². The van der Waals surface area contributed by atoms with Crippen LogP contribution in [0, 0.1) is 0 Å². The van der Waals surface area contributed by atoms with Crippen LogP contribution in [0.3, 0.4) is 0 Å². The molecule has 1 saturated heterocycles. The maximum atomic E-state index is 11.5. The van der Waals surface area contributed by atoms with E-state index in [0.29, 0.717) is 13.0 Å². The minimum absolute atomic E-state index is 0.0751. The summed E-state index contributed by atoms with van der Waals surface area (Å²) in [6, 6.07) is 0. The Morgan fingerprint density at radius 2 is 1.90 bits per heavy atom. The molecule has 0 spiro atoms. The van der Waals surface area contributed by atoms with E-state index in [1.807, 2.05) is 6.92 Å². The quantitative estimate of drug-likeness (QED) is 0.479. The zero-order chi connectivity index (χ0) is 15.7. The first-order valence-electron chi connectivity index (χ1n) is 8.14. The van der Waals surface area contributed by atoms with Crippen LogP contribution in [-0.4, -0.2) is 76.2 Å². The molecule has 0 atom stereocenters. The lowest BCUT2D eigenvalue weighted by Crippen LogP contribution is -2.48. The molecule has 0 bridgehead atoms. The molecular formula is C15H32N2O3Si. The van der Waals surface area contributed by atoms with Crippen molar-refractivity contribution in [3.8, 4) is 0 Å². The summed E-state index contributed by atoms with van der Waals surface area (Å²) in [5.74, 6) is -0.0751. The van der Waals surface area contributed by atoms with Crippen LogP contribution in [0.1, 0.15) is 19.8 Å². The summed E-state index contributed by atoms with van der Waals surface area (Å²) >= 11 is 0. The van der Waals surface area contributed by atoms with Gasteiger partial charge in [-0.25, -0.2) is 0 Å². The molecule has 5 nitrogen and oxygen atoms in total. The second-order valence-electron chi connectivity index (χ2n) is 6.52. The topological polar surface area (TPSA) is 42.0 Å². The predicted molar refractivity (Wildman–Crippen MR) is 88.0 cm³/mol. The minimum Gasteiger partial charge on any atom is -0.466 e. The summed E-state index contributed by atoms with van der Waals surface area (Å²) in [5, 5.41) is 0. The Kier molecular flexibility index (Phi) is 8.47. The van der Waals surface area contributed by atoms with Crippen molar-refractivity contribution >= 4 is 14.2 Å². The summed E-state index contributed by atoms with van der Waals surface area (Å²) in [7, 11) is -1.38. The molecule has 21 heavy (non-hydrogen) atoms. The van der Waals surface area contributed by atoms with Gasteiger partial charge in [0.2, 0.25) is 0 Å². The molecule has 0 unspecified atom stereocenters. The van der Waals surface area contributed by atoms with E-state index in [2.05, 4.69) is 29.1 Å². The van der Waals surface area contributed by atoms with Crippen LogP contribution >= 0.6 is 0 Å². The van der Waals surface area contributed by atoms with Gasteiger partial charge in [-0.05, 0) is 26.4 Å². The molecule has 0 saturated carbocycles.